The maximum atomic E-state index is 13.4. The fourth-order valence-electron chi connectivity index (χ4n) is 6.54. The number of aryl methyl sites for hydroxylation is 4. The van der Waals surface area contributed by atoms with Crippen LogP contribution in [0.5, 0.6) is 57.5 Å². The number of hydrogen-bond acceptors (Lipinski definition) is 12. The van der Waals surface area contributed by atoms with Crippen LogP contribution in [0.25, 0.3) is 0 Å². The lowest BCUT2D eigenvalue weighted by molar-refractivity contribution is 0.0704. The molecule has 0 saturated carbocycles. The van der Waals surface area contributed by atoms with E-state index in [9.17, 15) is 9.59 Å². The second-order valence-corrected chi connectivity index (χ2v) is 15.7. The van der Waals surface area contributed by atoms with Gasteiger partial charge >= 0.3 is 11.9 Å². The highest BCUT2D eigenvalue weighted by Gasteiger charge is 2.30. The molecule has 2 heterocycles. The highest BCUT2D eigenvalue weighted by molar-refractivity contribution is 6.35. The Bertz CT molecular complexity index is 2880. The summed E-state index contributed by atoms with van der Waals surface area (Å²) in [4.78, 5) is 36.3. The van der Waals surface area contributed by atoms with Crippen molar-refractivity contribution >= 4 is 46.5 Å². The molecule has 64 heavy (non-hydrogen) atoms. The molecule has 0 bridgehead atoms. The van der Waals surface area contributed by atoms with Crippen LogP contribution in [-0.2, 0) is 0 Å². The van der Waals surface area contributed by atoms with E-state index in [1.807, 2.05) is 100 Å². The summed E-state index contributed by atoms with van der Waals surface area (Å²) in [5.41, 5.74) is 5.32. The lowest BCUT2D eigenvalue weighted by Gasteiger charge is -2.22. The van der Waals surface area contributed by atoms with Gasteiger partial charge in [-0.3, -0.25) is 0 Å². The van der Waals surface area contributed by atoms with Gasteiger partial charge in [-0.2, -0.15) is 0 Å². The van der Waals surface area contributed by atoms with Crippen LogP contribution < -0.4 is 48.6 Å². The SMILES string of the molecule is Cc1ccc(OCOc2cc3c(cc2OC(=O)c2ccc(C)cc2)Oc2c(Cl)c4c(c(Cl)c2=N3)Oc2cc(OC(=O)c3ccc(C)cc3)c(OCOc3ccc(C)cc3)cc2N=4)cc1. The molecule has 7 aromatic rings. The molecule has 0 amide bonds. The molecule has 320 valence electrons. The molecule has 0 spiro atoms. The lowest BCUT2D eigenvalue weighted by Crippen LogP contribution is -2.22. The molecule has 0 saturated heterocycles. The molecule has 0 radical (unpaired) electrons. The van der Waals surface area contributed by atoms with E-state index in [-0.39, 0.29) is 91.7 Å². The van der Waals surface area contributed by atoms with Crippen LogP contribution in [0.4, 0.5) is 11.4 Å². The van der Waals surface area contributed by atoms with Crippen molar-refractivity contribution in [3.8, 4) is 57.5 Å². The Balaban J connectivity index is 1.06. The molecule has 0 aliphatic carbocycles. The van der Waals surface area contributed by atoms with Gasteiger partial charge in [0.2, 0.25) is 13.6 Å². The Morgan fingerprint density at radius 1 is 0.469 bits per heavy atom. The van der Waals surface area contributed by atoms with Gasteiger partial charge in [-0.05, 0) is 76.2 Å². The first-order valence-electron chi connectivity index (χ1n) is 19.9. The summed E-state index contributed by atoms with van der Waals surface area (Å²) in [6.45, 7) is 7.34. The van der Waals surface area contributed by atoms with Crippen molar-refractivity contribution in [1.82, 2.24) is 0 Å². The van der Waals surface area contributed by atoms with Crippen molar-refractivity contribution in [2.24, 2.45) is 9.98 Å². The minimum absolute atomic E-state index is 0.0273. The predicted octanol–water partition coefficient (Wildman–Crippen LogP) is 11.6. The van der Waals surface area contributed by atoms with Crippen molar-refractivity contribution in [3.05, 3.63) is 175 Å². The van der Waals surface area contributed by atoms with E-state index in [2.05, 4.69) is 0 Å². The fourth-order valence-corrected chi connectivity index (χ4v) is 7.05. The van der Waals surface area contributed by atoms with E-state index in [4.69, 9.17) is 71.1 Å². The van der Waals surface area contributed by atoms with Gasteiger partial charge in [0, 0.05) is 24.3 Å². The summed E-state index contributed by atoms with van der Waals surface area (Å²) >= 11 is 14.1. The molecule has 0 unspecified atom stereocenters. The van der Waals surface area contributed by atoms with Gasteiger partial charge in [0.25, 0.3) is 0 Å². The highest BCUT2D eigenvalue weighted by atomic mass is 35.5. The van der Waals surface area contributed by atoms with Crippen molar-refractivity contribution in [3.63, 3.8) is 0 Å². The van der Waals surface area contributed by atoms with Gasteiger partial charge < -0.3 is 37.9 Å². The number of ether oxygens (including phenoxy) is 8. The monoisotopic (exact) mass is 894 g/mol. The Morgan fingerprint density at radius 2 is 0.812 bits per heavy atom. The molecular formula is C50H36Cl2N2O10. The first kappa shape index (κ1) is 41.8. The molecule has 9 rings (SSSR count). The first-order chi connectivity index (χ1) is 30.9. The number of rotatable bonds is 12. The normalized spacial score (nSPS) is 11.7. The van der Waals surface area contributed by atoms with E-state index in [0.29, 0.717) is 22.6 Å². The number of fused-ring (bicyclic) bond motifs is 4. The van der Waals surface area contributed by atoms with Crippen molar-refractivity contribution in [1.29, 1.82) is 0 Å². The third-order valence-electron chi connectivity index (χ3n) is 10.1. The molecular weight excluding hydrogens is 859 g/mol. The summed E-state index contributed by atoms with van der Waals surface area (Å²) in [6, 6.07) is 34.9. The van der Waals surface area contributed by atoms with Crippen LogP contribution in [0.15, 0.2) is 131 Å². The van der Waals surface area contributed by atoms with Crippen LogP contribution in [-0.4, -0.2) is 25.5 Å². The first-order valence-corrected chi connectivity index (χ1v) is 20.6. The third-order valence-corrected chi connectivity index (χ3v) is 10.8. The highest BCUT2D eigenvalue weighted by Crippen LogP contribution is 2.48. The number of carbonyl (C=O) groups excluding carboxylic acids is 2. The Hall–Kier alpha value is -7.54. The maximum Gasteiger partial charge on any atom is 0.343 e. The van der Waals surface area contributed by atoms with E-state index >= 15 is 0 Å². The van der Waals surface area contributed by atoms with Gasteiger partial charge in [-0.25, -0.2) is 19.6 Å². The minimum atomic E-state index is -0.625. The molecule has 0 N–H and O–H groups in total. The molecule has 12 nitrogen and oxygen atoms in total. The van der Waals surface area contributed by atoms with Crippen LogP contribution in [0.1, 0.15) is 43.0 Å². The molecule has 2 aliphatic rings. The zero-order valence-electron chi connectivity index (χ0n) is 34.7. The van der Waals surface area contributed by atoms with Gasteiger partial charge in [-0.1, -0.05) is 94.0 Å². The third kappa shape index (κ3) is 8.87. The molecule has 7 aromatic carbocycles. The average molecular weight is 896 g/mol. The summed E-state index contributed by atoms with van der Waals surface area (Å²) in [6.07, 6.45) is 0. The Labute approximate surface area is 376 Å². The van der Waals surface area contributed by atoms with Crippen molar-refractivity contribution < 1.29 is 47.5 Å². The molecule has 0 atom stereocenters. The van der Waals surface area contributed by atoms with Crippen LogP contribution in [0, 0.1) is 27.7 Å². The quantitative estimate of drug-likeness (QED) is 0.0663. The summed E-state index contributed by atoms with van der Waals surface area (Å²) in [5, 5.41) is 0.336. The second-order valence-electron chi connectivity index (χ2n) is 14.9. The predicted molar refractivity (Wildman–Crippen MR) is 238 cm³/mol. The zero-order valence-corrected chi connectivity index (χ0v) is 36.2. The molecule has 0 aromatic heterocycles. The van der Waals surface area contributed by atoms with Crippen LogP contribution in [0.3, 0.4) is 0 Å². The number of esters is 2. The Kier molecular flexibility index (Phi) is 11.5. The van der Waals surface area contributed by atoms with E-state index in [0.717, 1.165) is 22.3 Å². The van der Waals surface area contributed by atoms with Crippen LogP contribution in [0.2, 0.25) is 10.0 Å². The number of hydrogen-bond donors (Lipinski definition) is 0. The number of nitrogens with zero attached hydrogens (tertiary/aromatic N) is 2. The second kappa shape index (κ2) is 17.7. The summed E-state index contributed by atoms with van der Waals surface area (Å²) in [7, 11) is 0. The van der Waals surface area contributed by atoms with Gasteiger partial charge in [0.05, 0.1) is 11.1 Å². The van der Waals surface area contributed by atoms with E-state index in [1.165, 1.54) is 24.3 Å². The summed E-state index contributed by atoms with van der Waals surface area (Å²) < 4.78 is 48.2. The van der Waals surface area contributed by atoms with E-state index in [1.54, 1.807) is 24.3 Å². The number of carbonyl (C=O) groups is 2. The Morgan fingerprint density at radius 3 is 1.17 bits per heavy atom. The minimum Gasteiger partial charge on any atom is -0.457 e. The zero-order chi connectivity index (χ0) is 44.5. The molecule has 0 fully saturated rings. The summed E-state index contributed by atoms with van der Waals surface area (Å²) in [5.74, 6) is 0.778. The van der Waals surface area contributed by atoms with Gasteiger partial charge in [0.15, 0.2) is 46.0 Å². The number of halogens is 2. The molecule has 14 heteroatoms. The van der Waals surface area contributed by atoms with Gasteiger partial charge in [0.1, 0.15) is 43.6 Å². The van der Waals surface area contributed by atoms with Gasteiger partial charge in [-0.15, -0.1) is 0 Å². The topological polar surface area (TPSA) is 133 Å². The molecule has 2 aliphatic heterocycles. The van der Waals surface area contributed by atoms with E-state index < -0.39 is 11.9 Å². The van der Waals surface area contributed by atoms with Crippen molar-refractivity contribution in [2.45, 2.75) is 27.7 Å². The average Bonchev–Trinajstić information content (AvgIpc) is 3.29. The standard InChI is InChI=1S/C50H36Cl2N2O10/c1-27-5-13-31(14-6-27)49(55)63-41-23-37-35(21-39(41)59-25-57-33-17-9-29(3)10-18-33)53-45-44(52)48-46(43(51)47(45)61-37)54-36-22-40(60-26-58-34-19-11-30(4)12-20-34)42(24-38(36)62-48)64-50(56)32-15-7-28(2)8-16-32/h5-24H,25-26H2,1-4H3. The largest absolute Gasteiger partial charge is 0.457 e. The smallest absolute Gasteiger partial charge is 0.343 e. The lowest BCUT2D eigenvalue weighted by atomic mass is 10.1. The number of benzene rings is 7. The maximum absolute atomic E-state index is 13.4. The van der Waals surface area contributed by atoms with Crippen molar-refractivity contribution in [2.75, 3.05) is 13.6 Å². The van der Waals surface area contributed by atoms with Crippen LogP contribution >= 0.6 is 23.2 Å². The fraction of sp³-hybridized carbons (Fsp3) is 0.120.